The van der Waals surface area contributed by atoms with Gasteiger partial charge < -0.3 is 9.13 Å². The van der Waals surface area contributed by atoms with Crippen LogP contribution in [-0.4, -0.2) is 9.13 Å². The summed E-state index contributed by atoms with van der Waals surface area (Å²) in [6, 6.07) is 75.2. The zero-order valence-electron chi connectivity index (χ0n) is 29.5. The predicted octanol–water partition coefficient (Wildman–Crippen LogP) is 14.0. The highest BCUT2D eigenvalue weighted by molar-refractivity contribution is 6.22. The minimum atomic E-state index is 1.13. The molecule has 2 aromatic heterocycles. The minimum absolute atomic E-state index is 1.13. The summed E-state index contributed by atoms with van der Waals surface area (Å²) in [5.74, 6) is 0. The van der Waals surface area contributed by atoms with Gasteiger partial charge in [0, 0.05) is 33.1 Å². The van der Waals surface area contributed by atoms with Gasteiger partial charge in [-0.25, -0.2) is 0 Å². The first-order valence-corrected chi connectivity index (χ1v) is 18.6. The van der Waals surface area contributed by atoms with Crippen LogP contribution >= 0.6 is 0 Å². The molecule has 252 valence electrons. The van der Waals surface area contributed by atoms with Crippen molar-refractivity contribution < 1.29 is 0 Å². The molecule has 2 heterocycles. The first-order valence-electron chi connectivity index (χ1n) is 18.6. The molecule has 11 rings (SSSR count). The highest BCUT2D eigenvalue weighted by Gasteiger charge is 2.26. The van der Waals surface area contributed by atoms with Gasteiger partial charge in [0.25, 0.3) is 0 Å². The second-order valence-electron chi connectivity index (χ2n) is 14.1. The maximum absolute atomic E-state index is 2.50. The van der Waals surface area contributed by atoms with Crippen LogP contribution in [-0.2, 0) is 0 Å². The molecule has 54 heavy (non-hydrogen) atoms. The van der Waals surface area contributed by atoms with Crippen molar-refractivity contribution in [1.29, 1.82) is 0 Å². The molecule has 0 saturated heterocycles. The van der Waals surface area contributed by atoms with Crippen molar-refractivity contribution in [2.75, 3.05) is 0 Å². The van der Waals surface area contributed by atoms with Crippen molar-refractivity contribution in [3.05, 3.63) is 206 Å². The van der Waals surface area contributed by atoms with Crippen LogP contribution in [0, 0.1) is 0 Å². The maximum atomic E-state index is 2.50. The molecule has 0 aliphatic heterocycles. The van der Waals surface area contributed by atoms with Crippen LogP contribution < -0.4 is 0 Å². The minimum Gasteiger partial charge on any atom is -0.307 e. The maximum Gasteiger partial charge on any atom is 0.0789 e. The quantitative estimate of drug-likeness (QED) is 0.160. The van der Waals surface area contributed by atoms with E-state index >= 15 is 0 Å². The number of aromatic nitrogens is 2. The van der Waals surface area contributed by atoms with Crippen molar-refractivity contribution in [3.63, 3.8) is 0 Å². The molecule has 9 aromatic carbocycles. The summed E-state index contributed by atoms with van der Waals surface area (Å²) in [5.41, 5.74) is 13.1. The third-order valence-electron chi connectivity index (χ3n) is 11.1. The van der Waals surface area contributed by atoms with Crippen LogP contribution in [0.5, 0.6) is 0 Å². The van der Waals surface area contributed by atoms with Gasteiger partial charge in [-0.2, -0.15) is 0 Å². The van der Waals surface area contributed by atoms with E-state index in [2.05, 4.69) is 215 Å². The summed E-state index contributed by atoms with van der Waals surface area (Å²) < 4.78 is 4.98. The van der Waals surface area contributed by atoms with Gasteiger partial charge in [-0.3, -0.25) is 0 Å². The molecule has 0 amide bonds. The number of para-hydroxylation sites is 2. The molecule has 2 heteroatoms. The Labute approximate surface area is 313 Å². The standard InChI is InChI=1S/C52H34N2/c1-4-15-37(16-5-1)49-47-33-32-46-45-22-12-13-23-48(45)53(51(46)52(47)54(41-19-8-3-9-20-41)50(49)38-17-6-2-7-18-38)42-29-26-35(27-30-42)39-28-31-44-40(34-39)25-24-36-14-10-11-21-43(36)44/h1-34H. The third kappa shape index (κ3) is 4.67. The SMILES string of the molecule is c1ccc(-c2c(-c3ccccc3)n(-c3ccccc3)c3c2ccc2c4ccccc4n(-c4ccc(-c5ccc6c(ccc7ccccc76)c5)cc4)c23)cc1. The molecule has 0 unspecified atom stereocenters. The van der Waals surface area contributed by atoms with E-state index in [1.165, 1.54) is 87.8 Å². The fourth-order valence-electron chi connectivity index (χ4n) is 8.68. The Balaban J connectivity index is 1.20. The van der Waals surface area contributed by atoms with Crippen molar-refractivity contribution in [2.45, 2.75) is 0 Å². The first kappa shape index (κ1) is 30.5. The Morgan fingerprint density at radius 3 is 1.59 bits per heavy atom. The number of hydrogen-bond donors (Lipinski definition) is 0. The number of rotatable bonds is 5. The summed E-state index contributed by atoms with van der Waals surface area (Å²) in [6.07, 6.45) is 0. The molecule has 0 fully saturated rings. The number of benzene rings is 9. The molecule has 0 aliphatic carbocycles. The van der Waals surface area contributed by atoms with Gasteiger partial charge in [0.2, 0.25) is 0 Å². The zero-order chi connectivity index (χ0) is 35.6. The second kappa shape index (κ2) is 12.2. The number of nitrogens with zero attached hydrogens (tertiary/aromatic N) is 2. The lowest BCUT2D eigenvalue weighted by molar-refractivity contribution is 1.12. The Kier molecular flexibility index (Phi) is 6.90. The van der Waals surface area contributed by atoms with Gasteiger partial charge in [-0.15, -0.1) is 0 Å². The van der Waals surface area contributed by atoms with Crippen LogP contribution in [0.15, 0.2) is 206 Å². The van der Waals surface area contributed by atoms with Crippen LogP contribution in [0.25, 0.3) is 99.1 Å². The van der Waals surface area contributed by atoms with E-state index in [1.54, 1.807) is 0 Å². The first-order chi connectivity index (χ1) is 26.8. The van der Waals surface area contributed by atoms with Gasteiger partial charge in [0.1, 0.15) is 0 Å². The summed E-state index contributed by atoms with van der Waals surface area (Å²) >= 11 is 0. The summed E-state index contributed by atoms with van der Waals surface area (Å²) in [7, 11) is 0. The normalized spacial score (nSPS) is 11.7. The van der Waals surface area contributed by atoms with Crippen LogP contribution in [0.1, 0.15) is 0 Å². The summed E-state index contributed by atoms with van der Waals surface area (Å²) in [4.78, 5) is 0. The van der Waals surface area contributed by atoms with E-state index in [0.717, 1.165) is 11.4 Å². The Hall–Kier alpha value is -7.16. The van der Waals surface area contributed by atoms with Crippen molar-refractivity contribution in [2.24, 2.45) is 0 Å². The molecule has 0 aliphatic rings. The van der Waals surface area contributed by atoms with Crippen LogP contribution in [0.4, 0.5) is 0 Å². The van der Waals surface area contributed by atoms with E-state index < -0.39 is 0 Å². The lowest BCUT2D eigenvalue weighted by Gasteiger charge is -2.15. The monoisotopic (exact) mass is 686 g/mol. The Morgan fingerprint density at radius 2 is 0.815 bits per heavy atom. The predicted molar refractivity (Wildman–Crippen MR) is 229 cm³/mol. The third-order valence-corrected chi connectivity index (χ3v) is 11.1. The summed E-state index contributed by atoms with van der Waals surface area (Å²) in [6.45, 7) is 0. The van der Waals surface area contributed by atoms with E-state index in [4.69, 9.17) is 0 Å². The van der Waals surface area contributed by atoms with Gasteiger partial charge in [-0.05, 0) is 80.2 Å². The molecular weight excluding hydrogens is 653 g/mol. The van der Waals surface area contributed by atoms with Gasteiger partial charge in [0.15, 0.2) is 0 Å². The molecule has 0 saturated carbocycles. The van der Waals surface area contributed by atoms with E-state index in [-0.39, 0.29) is 0 Å². The van der Waals surface area contributed by atoms with Crippen LogP contribution in [0.3, 0.4) is 0 Å². The van der Waals surface area contributed by atoms with E-state index in [1.807, 2.05) is 0 Å². The van der Waals surface area contributed by atoms with E-state index in [0.29, 0.717) is 0 Å². The van der Waals surface area contributed by atoms with Crippen molar-refractivity contribution >= 4 is 54.3 Å². The number of fused-ring (bicyclic) bond motifs is 8. The largest absolute Gasteiger partial charge is 0.307 e. The highest BCUT2D eigenvalue weighted by Crippen LogP contribution is 2.47. The summed E-state index contributed by atoms with van der Waals surface area (Å²) in [5, 5.41) is 8.80. The molecule has 0 spiro atoms. The second-order valence-corrected chi connectivity index (χ2v) is 14.1. The average molecular weight is 687 g/mol. The fraction of sp³-hybridized carbons (Fsp3) is 0. The zero-order valence-corrected chi connectivity index (χ0v) is 29.5. The van der Waals surface area contributed by atoms with Crippen molar-refractivity contribution in [3.8, 4) is 44.9 Å². The van der Waals surface area contributed by atoms with E-state index in [9.17, 15) is 0 Å². The molecule has 0 radical (unpaired) electrons. The lowest BCUT2D eigenvalue weighted by atomic mass is 9.97. The molecular formula is C52H34N2. The van der Waals surface area contributed by atoms with Crippen molar-refractivity contribution in [1.82, 2.24) is 9.13 Å². The Morgan fingerprint density at radius 1 is 0.278 bits per heavy atom. The Bertz CT molecular complexity index is 3170. The average Bonchev–Trinajstić information content (AvgIpc) is 3.78. The highest BCUT2D eigenvalue weighted by atomic mass is 15.1. The topological polar surface area (TPSA) is 9.86 Å². The molecule has 2 nitrogen and oxygen atoms in total. The molecule has 0 bridgehead atoms. The number of hydrogen-bond acceptors (Lipinski definition) is 0. The van der Waals surface area contributed by atoms with Gasteiger partial charge >= 0.3 is 0 Å². The molecule has 11 aromatic rings. The molecule has 0 N–H and O–H groups in total. The van der Waals surface area contributed by atoms with Gasteiger partial charge in [-0.1, -0.05) is 170 Å². The lowest BCUT2D eigenvalue weighted by Crippen LogP contribution is -2.00. The van der Waals surface area contributed by atoms with Gasteiger partial charge in [0.05, 0.1) is 22.2 Å². The van der Waals surface area contributed by atoms with Crippen LogP contribution in [0.2, 0.25) is 0 Å². The smallest absolute Gasteiger partial charge is 0.0789 e. The molecule has 0 atom stereocenters. The fourth-order valence-corrected chi connectivity index (χ4v) is 8.68.